The van der Waals surface area contributed by atoms with Crippen LogP contribution in [0.3, 0.4) is 0 Å². The zero-order valence-corrected chi connectivity index (χ0v) is 25.4. The summed E-state index contributed by atoms with van der Waals surface area (Å²) in [6, 6.07) is 9.30. The van der Waals surface area contributed by atoms with E-state index in [1.165, 1.54) is 4.31 Å². The van der Waals surface area contributed by atoms with Gasteiger partial charge in [0.15, 0.2) is 6.10 Å². The number of anilines is 1. The molecule has 0 amide bonds. The maximum Gasteiger partial charge on any atom is 0.337 e. The minimum absolute atomic E-state index is 0.0294. The maximum atomic E-state index is 13.7. The van der Waals surface area contributed by atoms with Gasteiger partial charge < -0.3 is 14.4 Å². The number of ether oxygens (including phenoxy) is 1. The highest BCUT2D eigenvalue weighted by atomic mass is 35.5. The molecule has 38 heavy (non-hydrogen) atoms. The van der Waals surface area contributed by atoms with E-state index in [1.807, 2.05) is 65.3 Å². The molecule has 0 bridgehead atoms. The summed E-state index contributed by atoms with van der Waals surface area (Å²) >= 11 is 6.20. The van der Waals surface area contributed by atoms with E-state index in [0.29, 0.717) is 40.7 Å². The van der Waals surface area contributed by atoms with Crippen molar-refractivity contribution in [3.05, 3.63) is 52.2 Å². The Hall–Kier alpha value is -2.20. The van der Waals surface area contributed by atoms with E-state index < -0.39 is 27.7 Å². The summed E-state index contributed by atoms with van der Waals surface area (Å²) in [6.45, 7) is 10.1. The molecule has 1 N–H and O–H groups in total. The molecule has 7 nitrogen and oxygen atoms in total. The van der Waals surface area contributed by atoms with Gasteiger partial charge in [-0.1, -0.05) is 23.7 Å². The second-order valence-electron chi connectivity index (χ2n) is 11.0. The Morgan fingerprint density at radius 3 is 2.34 bits per heavy atom. The molecule has 0 saturated heterocycles. The van der Waals surface area contributed by atoms with Gasteiger partial charge in [-0.05, 0) is 80.4 Å². The molecule has 1 aromatic heterocycles. The van der Waals surface area contributed by atoms with Crippen LogP contribution in [0.5, 0.6) is 0 Å². The van der Waals surface area contributed by atoms with Crippen LogP contribution in [0.25, 0.3) is 22.0 Å². The van der Waals surface area contributed by atoms with Crippen molar-refractivity contribution in [1.29, 1.82) is 0 Å². The number of nitrogens with zero attached hydrogens (tertiary/aromatic N) is 2. The van der Waals surface area contributed by atoms with Gasteiger partial charge in [-0.15, -0.1) is 0 Å². The molecule has 4 rings (SSSR count). The van der Waals surface area contributed by atoms with Crippen molar-refractivity contribution in [3.63, 3.8) is 0 Å². The van der Waals surface area contributed by atoms with Gasteiger partial charge in [-0.2, -0.15) is 0 Å². The standard InChI is InChI=1S/C28H35ClN2O5S2/c1-17-16-21-23(19-8-10-20(29)11-9-19)22(26(27(32)33)36-28(3,4)5)18(2)24-25(21)30(17)12-13-31(24)38(34,35)15-14-37(6)7/h8-11,16,26H,12-15H2,1-7H3/p+1/t26-/m0/s1. The monoisotopic (exact) mass is 579 g/mol. The summed E-state index contributed by atoms with van der Waals surface area (Å²) in [4.78, 5) is 12.8. The lowest BCUT2D eigenvalue weighted by Gasteiger charge is -2.35. The van der Waals surface area contributed by atoms with Crippen LogP contribution in [0.2, 0.25) is 5.02 Å². The normalized spacial score (nSPS) is 14.9. The maximum absolute atomic E-state index is 13.7. The van der Waals surface area contributed by atoms with Crippen LogP contribution in [0.4, 0.5) is 5.69 Å². The minimum atomic E-state index is -3.64. The molecule has 1 aliphatic heterocycles. The molecule has 0 saturated carbocycles. The number of hydrogen-bond acceptors (Lipinski definition) is 4. The number of sulfonamides is 1. The third-order valence-electron chi connectivity index (χ3n) is 6.78. The number of aryl methyl sites for hydroxylation is 1. The fourth-order valence-corrected chi connectivity index (χ4v) is 8.54. The Balaban J connectivity index is 2.12. The predicted molar refractivity (Wildman–Crippen MR) is 158 cm³/mol. The van der Waals surface area contributed by atoms with E-state index in [-0.39, 0.29) is 16.6 Å². The minimum Gasteiger partial charge on any atom is -0.479 e. The number of carboxylic acid groups (broad SMARTS) is 1. The van der Waals surface area contributed by atoms with E-state index in [4.69, 9.17) is 16.3 Å². The topological polar surface area (TPSA) is 88.8 Å². The summed E-state index contributed by atoms with van der Waals surface area (Å²) in [7, 11) is -3.67. The van der Waals surface area contributed by atoms with Crippen LogP contribution in [-0.4, -0.2) is 60.2 Å². The molecular weight excluding hydrogens is 544 g/mol. The third kappa shape index (κ3) is 5.43. The fourth-order valence-electron chi connectivity index (χ4n) is 5.16. The highest BCUT2D eigenvalue weighted by Gasteiger charge is 2.38. The largest absolute Gasteiger partial charge is 0.479 e. The van der Waals surface area contributed by atoms with Crippen LogP contribution in [0, 0.1) is 13.8 Å². The van der Waals surface area contributed by atoms with Crippen molar-refractivity contribution in [2.24, 2.45) is 0 Å². The Kier molecular flexibility index (Phi) is 7.89. The van der Waals surface area contributed by atoms with Crippen molar-refractivity contribution in [2.45, 2.75) is 52.9 Å². The van der Waals surface area contributed by atoms with E-state index in [2.05, 4.69) is 4.57 Å². The van der Waals surface area contributed by atoms with Gasteiger partial charge in [0.05, 0.1) is 35.9 Å². The van der Waals surface area contributed by atoms with Crippen molar-refractivity contribution in [1.82, 2.24) is 4.57 Å². The lowest BCUT2D eigenvalue weighted by molar-refractivity contribution is -0.160. The fraction of sp³-hybridized carbons (Fsp3) is 0.464. The first-order chi connectivity index (χ1) is 17.6. The molecular formula is C28H36ClN2O5S2+. The molecule has 2 heterocycles. The number of halogens is 1. The Morgan fingerprint density at radius 1 is 1.16 bits per heavy atom. The Bertz CT molecular complexity index is 1490. The first-order valence-electron chi connectivity index (χ1n) is 12.5. The van der Waals surface area contributed by atoms with Crippen LogP contribution in [0.15, 0.2) is 30.3 Å². The van der Waals surface area contributed by atoms with Gasteiger partial charge >= 0.3 is 5.97 Å². The molecule has 0 radical (unpaired) electrons. The molecule has 1 aliphatic rings. The molecule has 0 fully saturated rings. The predicted octanol–water partition coefficient (Wildman–Crippen LogP) is 5.55. The SMILES string of the molecule is Cc1c([C@H](OC(C)(C)C)C(=O)O)c(-c2ccc(Cl)cc2)c2cc(C)n3c2c1N(S(=O)(=O)CC[S+](C)C)CC3. The number of aliphatic carboxylic acids is 1. The smallest absolute Gasteiger partial charge is 0.337 e. The van der Waals surface area contributed by atoms with Crippen molar-refractivity contribution in [2.75, 3.05) is 34.9 Å². The van der Waals surface area contributed by atoms with Crippen LogP contribution >= 0.6 is 11.6 Å². The van der Waals surface area contributed by atoms with Gasteiger partial charge in [0, 0.05) is 28.2 Å². The Morgan fingerprint density at radius 2 is 1.79 bits per heavy atom. The van der Waals surface area contributed by atoms with Gasteiger partial charge in [-0.25, -0.2) is 13.2 Å². The number of benzene rings is 2. The summed E-state index contributed by atoms with van der Waals surface area (Å²) in [6.07, 6.45) is 2.75. The second-order valence-corrected chi connectivity index (χ2v) is 15.8. The summed E-state index contributed by atoms with van der Waals surface area (Å²) in [5, 5.41) is 11.8. The molecule has 0 aliphatic carbocycles. The van der Waals surface area contributed by atoms with Gasteiger partial charge in [0.1, 0.15) is 11.5 Å². The quantitative estimate of drug-likeness (QED) is 0.354. The summed E-state index contributed by atoms with van der Waals surface area (Å²) < 4.78 is 37.2. The molecule has 1 atom stereocenters. The third-order valence-corrected chi connectivity index (χ3v) is 10.1. The number of hydrogen-bond donors (Lipinski definition) is 1. The Labute approximate surface area is 233 Å². The highest BCUT2D eigenvalue weighted by molar-refractivity contribution is 7.98. The van der Waals surface area contributed by atoms with E-state index in [1.54, 1.807) is 12.1 Å². The molecule has 3 aromatic rings. The van der Waals surface area contributed by atoms with Crippen molar-refractivity contribution < 1.29 is 23.1 Å². The molecule has 0 unspecified atom stereocenters. The van der Waals surface area contributed by atoms with E-state index in [0.717, 1.165) is 27.7 Å². The van der Waals surface area contributed by atoms with Crippen molar-refractivity contribution >= 4 is 55.1 Å². The zero-order valence-electron chi connectivity index (χ0n) is 23.0. The zero-order chi connectivity index (χ0) is 28.2. The first-order valence-corrected chi connectivity index (χ1v) is 16.7. The number of rotatable bonds is 8. The van der Waals surface area contributed by atoms with Gasteiger partial charge in [0.25, 0.3) is 0 Å². The van der Waals surface area contributed by atoms with Crippen LogP contribution in [0.1, 0.15) is 43.7 Å². The number of carbonyl (C=O) groups is 1. The first kappa shape index (κ1) is 28.8. The second kappa shape index (κ2) is 10.4. The molecule has 0 spiro atoms. The van der Waals surface area contributed by atoms with Gasteiger partial charge in [0.2, 0.25) is 10.0 Å². The van der Waals surface area contributed by atoms with Crippen molar-refractivity contribution in [3.8, 4) is 11.1 Å². The molecule has 206 valence electrons. The van der Waals surface area contributed by atoms with E-state index >= 15 is 0 Å². The average molecular weight is 580 g/mol. The summed E-state index contributed by atoms with van der Waals surface area (Å²) in [5.74, 6) is -0.521. The van der Waals surface area contributed by atoms with Gasteiger partial charge in [-0.3, -0.25) is 4.31 Å². The number of carboxylic acids is 1. The number of aromatic nitrogens is 1. The average Bonchev–Trinajstić information content (AvgIpc) is 3.15. The summed E-state index contributed by atoms with van der Waals surface area (Å²) in [5.41, 5.74) is 4.14. The van der Waals surface area contributed by atoms with Crippen LogP contribution < -0.4 is 4.31 Å². The highest BCUT2D eigenvalue weighted by Crippen LogP contribution is 2.48. The molecule has 2 aromatic carbocycles. The van der Waals surface area contributed by atoms with Crippen LogP contribution in [-0.2, 0) is 37.0 Å². The van der Waals surface area contributed by atoms with E-state index in [9.17, 15) is 18.3 Å². The molecule has 10 heteroatoms. The lowest BCUT2D eigenvalue weighted by atomic mass is 9.87. The lowest BCUT2D eigenvalue weighted by Crippen LogP contribution is -2.40.